The summed E-state index contributed by atoms with van der Waals surface area (Å²) in [5, 5.41) is 3.38. The molecule has 0 radical (unpaired) electrons. The summed E-state index contributed by atoms with van der Waals surface area (Å²) in [6, 6.07) is 7.99. The molecule has 2 rings (SSSR count). The number of thiocarbonyl (C=S) groups is 1. The molecule has 0 unspecified atom stereocenters. The Bertz CT molecular complexity index is 500. The molecule has 1 aliphatic rings. The van der Waals surface area contributed by atoms with E-state index in [0.29, 0.717) is 16.7 Å². The maximum atomic E-state index is 12.2. The molecule has 0 aromatic heterocycles. The normalized spacial score (nSPS) is 15.7. The fourth-order valence-corrected chi connectivity index (χ4v) is 3.41. The van der Waals surface area contributed by atoms with Crippen molar-refractivity contribution in [3.8, 4) is 0 Å². The number of benzene rings is 1. The Labute approximate surface area is 139 Å². The Hall–Kier alpha value is -0.690. The predicted octanol–water partition coefficient (Wildman–Crippen LogP) is 3.57. The summed E-state index contributed by atoms with van der Waals surface area (Å²) in [6.45, 7) is 0. The van der Waals surface area contributed by atoms with E-state index < -0.39 is 0 Å². The van der Waals surface area contributed by atoms with E-state index >= 15 is 0 Å². The van der Waals surface area contributed by atoms with Crippen LogP contribution in [-0.4, -0.2) is 29.0 Å². The second-order valence-electron chi connectivity index (χ2n) is 5.14. The third kappa shape index (κ3) is 3.91. The lowest BCUT2D eigenvalue weighted by atomic mass is 9.95. The number of carbonyl (C=O) groups is 1. The van der Waals surface area contributed by atoms with Crippen LogP contribution in [0.5, 0.6) is 0 Å². The van der Waals surface area contributed by atoms with Crippen LogP contribution in [0.3, 0.4) is 0 Å². The fourth-order valence-electron chi connectivity index (χ4n) is 2.53. The molecule has 3 nitrogen and oxygen atoms in total. The smallest absolute Gasteiger partial charge is 0.258 e. The van der Waals surface area contributed by atoms with Crippen LogP contribution in [0.2, 0.25) is 0 Å². The highest BCUT2D eigenvalue weighted by atomic mass is 127. The van der Waals surface area contributed by atoms with Gasteiger partial charge in [-0.25, -0.2) is 0 Å². The van der Waals surface area contributed by atoms with Crippen LogP contribution < -0.4 is 5.32 Å². The Morgan fingerprint density at radius 2 is 1.95 bits per heavy atom. The molecule has 0 saturated heterocycles. The van der Waals surface area contributed by atoms with Gasteiger partial charge in [0.15, 0.2) is 5.11 Å². The number of hydrogen-bond donors (Lipinski definition) is 1. The van der Waals surface area contributed by atoms with Crippen molar-refractivity contribution in [3.05, 3.63) is 33.4 Å². The fraction of sp³-hybridized carbons (Fsp3) is 0.467. The second kappa shape index (κ2) is 7.36. The van der Waals surface area contributed by atoms with Gasteiger partial charge in [0, 0.05) is 16.7 Å². The summed E-state index contributed by atoms with van der Waals surface area (Å²) in [7, 11) is 1.98. The highest BCUT2D eigenvalue weighted by molar-refractivity contribution is 14.1. The Kier molecular flexibility index (Phi) is 5.77. The van der Waals surface area contributed by atoms with Crippen molar-refractivity contribution in [1.29, 1.82) is 0 Å². The van der Waals surface area contributed by atoms with Crippen molar-refractivity contribution in [1.82, 2.24) is 10.2 Å². The van der Waals surface area contributed by atoms with E-state index in [1.165, 1.54) is 19.3 Å². The number of halogens is 1. The summed E-state index contributed by atoms with van der Waals surface area (Å²) < 4.78 is 0.936. The average Bonchev–Trinajstić information content (AvgIpc) is 2.47. The van der Waals surface area contributed by atoms with Gasteiger partial charge in [0.05, 0.1) is 5.56 Å². The van der Waals surface area contributed by atoms with E-state index in [1.54, 1.807) is 0 Å². The summed E-state index contributed by atoms with van der Waals surface area (Å²) >= 11 is 7.53. The molecule has 5 heteroatoms. The third-order valence-electron chi connectivity index (χ3n) is 3.78. The van der Waals surface area contributed by atoms with Crippen LogP contribution in [0.1, 0.15) is 42.5 Å². The van der Waals surface area contributed by atoms with E-state index in [-0.39, 0.29) is 5.91 Å². The van der Waals surface area contributed by atoms with E-state index in [4.69, 9.17) is 12.2 Å². The highest BCUT2D eigenvalue weighted by Gasteiger charge is 2.21. The minimum absolute atomic E-state index is 0.123. The first-order valence-electron chi connectivity index (χ1n) is 6.92. The average molecular weight is 402 g/mol. The molecule has 1 aliphatic carbocycles. The Morgan fingerprint density at radius 3 is 2.60 bits per heavy atom. The largest absolute Gasteiger partial charge is 0.349 e. The third-order valence-corrected chi connectivity index (χ3v) is 5.11. The second-order valence-corrected chi connectivity index (χ2v) is 6.69. The molecule has 1 aromatic rings. The van der Waals surface area contributed by atoms with Crippen LogP contribution in [-0.2, 0) is 0 Å². The lowest BCUT2D eigenvalue weighted by Gasteiger charge is -2.32. The van der Waals surface area contributed by atoms with Crippen molar-refractivity contribution < 1.29 is 4.79 Å². The molecule has 1 saturated carbocycles. The van der Waals surface area contributed by atoms with Crippen molar-refractivity contribution in [2.24, 2.45) is 0 Å². The molecule has 0 atom stereocenters. The lowest BCUT2D eigenvalue weighted by Crippen LogP contribution is -2.46. The summed E-state index contributed by atoms with van der Waals surface area (Å²) in [5.74, 6) is -0.123. The Morgan fingerprint density at radius 1 is 1.30 bits per heavy atom. The number of hydrogen-bond acceptors (Lipinski definition) is 2. The number of rotatable bonds is 2. The van der Waals surface area contributed by atoms with Crippen LogP contribution >= 0.6 is 34.8 Å². The van der Waals surface area contributed by atoms with Crippen molar-refractivity contribution in [2.75, 3.05) is 7.05 Å². The first kappa shape index (κ1) is 15.7. The molecule has 0 aliphatic heterocycles. The minimum Gasteiger partial charge on any atom is -0.349 e. The molecule has 1 fully saturated rings. The summed E-state index contributed by atoms with van der Waals surface area (Å²) in [6.07, 6.45) is 6.14. The SMILES string of the molecule is CN(C(=S)NC(=O)c1ccccc1I)C1CCCCC1. The van der Waals surface area contributed by atoms with Gasteiger partial charge in [0.1, 0.15) is 0 Å². The van der Waals surface area contributed by atoms with Crippen LogP contribution in [0.4, 0.5) is 0 Å². The summed E-state index contributed by atoms with van der Waals surface area (Å²) in [5.41, 5.74) is 0.674. The van der Waals surface area contributed by atoms with Gasteiger partial charge in [-0.2, -0.15) is 0 Å². The topological polar surface area (TPSA) is 32.3 Å². The van der Waals surface area contributed by atoms with Crippen LogP contribution in [0.25, 0.3) is 0 Å². The van der Waals surface area contributed by atoms with Crippen LogP contribution in [0, 0.1) is 3.57 Å². The quantitative estimate of drug-likeness (QED) is 0.607. The molecule has 20 heavy (non-hydrogen) atoms. The van der Waals surface area contributed by atoms with Gasteiger partial charge in [0.25, 0.3) is 5.91 Å². The first-order valence-corrected chi connectivity index (χ1v) is 8.41. The van der Waals surface area contributed by atoms with Crippen molar-refractivity contribution >= 4 is 45.8 Å². The van der Waals surface area contributed by atoms with Gasteiger partial charge in [-0.3, -0.25) is 10.1 Å². The molecule has 0 spiro atoms. The molecule has 1 N–H and O–H groups in total. The molecule has 1 aromatic carbocycles. The number of carbonyl (C=O) groups excluding carboxylic acids is 1. The maximum absolute atomic E-state index is 12.2. The van der Waals surface area contributed by atoms with E-state index in [1.807, 2.05) is 36.2 Å². The minimum atomic E-state index is -0.123. The van der Waals surface area contributed by atoms with Gasteiger partial charge in [-0.05, 0) is 59.8 Å². The molecular weight excluding hydrogens is 383 g/mol. The number of nitrogens with zero attached hydrogens (tertiary/aromatic N) is 1. The van der Waals surface area contributed by atoms with Crippen molar-refractivity contribution in [2.45, 2.75) is 38.1 Å². The first-order chi connectivity index (χ1) is 9.59. The predicted molar refractivity (Wildman–Crippen MR) is 93.9 cm³/mol. The highest BCUT2D eigenvalue weighted by Crippen LogP contribution is 2.21. The number of amides is 1. The molecule has 1 amide bonds. The maximum Gasteiger partial charge on any atom is 0.258 e. The van der Waals surface area contributed by atoms with E-state index in [0.717, 1.165) is 16.4 Å². The standard InChI is InChI=1S/C15H19IN2OS/c1-18(11-7-3-2-4-8-11)15(20)17-14(19)12-9-5-6-10-13(12)16/h5-6,9-11H,2-4,7-8H2,1H3,(H,17,19,20). The van der Waals surface area contributed by atoms with Gasteiger partial charge < -0.3 is 4.90 Å². The zero-order valence-corrected chi connectivity index (χ0v) is 14.5. The Balaban J connectivity index is 1.97. The number of nitrogens with one attached hydrogen (secondary N) is 1. The monoisotopic (exact) mass is 402 g/mol. The van der Waals surface area contributed by atoms with Crippen molar-refractivity contribution in [3.63, 3.8) is 0 Å². The zero-order chi connectivity index (χ0) is 14.5. The van der Waals surface area contributed by atoms with Crippen LogP contribution in [0.15, 0.2) is 24.3 Å². The molecule has 0 heterocycles. The molecule has 0 bridgehead atoms. The van der Waals surface area contributed by atoms with Gasteiger partial charge >= 0.3 is 0 Å². The van der Waals surface area contributed by atoms with E-state index in [9.17, 15) is 4.79 Å². The lowest BCUT2D eigenvalue weighted by molar-refractivity contribution is 0.0971. The van der Waals surface area contributed by atoms with Gasteiger partial charge in [-0.15, -0.1) is 0 Å². The zero-order valence-electron chi connectivity index (χ0n) is 11.6. The van der Waals surface area contributed by atoms with Gasteiger partial charge in [0.2, 0.25) is 0 Å². The molecular formula is C15H19IN2OS. The molecule has 108 valence electrons. The van der Waals surface area contributed by atoms with Gasteiger partial charge in [-0.1, -0.05) is 31.4 Å². The summed E-state index contributed by atoms with van der Waals surface area (Å²) in [4.78, 5) is 14.3. The van der Waals surface area contributed by atoms with E-state index in [2.05, 4.69) is 27.9 Å².